The van der Waals surface area contributed by atoms with Crippen LogP contribution in [0.2, 0.25) is 0 Å². The van der Waals surface area contributed by atoms with E-state index < -0.39 is 17.5 Å². The third-order valence-electron chi connectivity index (χ3n) is 4.22. The molecule has 4 N–H and O–H groups in total. The van der Waals surface area contributed by atoms with Gasteiger partial charge in [-0.25, -0.2) is 0 Å². The molecule has 0 aliphatic rings. The van der Waals surface area contributed by atoms with Crippen LogP contribution in [0.25, 0.3) is 0 Å². The summed E-state index contributed by atoms with van der Waals surface area (Å²) in [6.45, 7) is 9.18. The average molecular weight is 393 g/mol. The van der Waals surface area contributed by atoms with Crippen LogP contribution in [0.5, 0.6) is 0 Å². The van der Waals surface area contributed by atoms with Gasteiger partial charge in [-0.15, -0.1) is 0 Å². The molecule has 0 saturated carbocycles. The lowest BCUT2D eigenvalue weighted by Crippen LogP contribution is -2.49. The Morgan fingerprint density at radius 3 is 2.14 bits per heavy atom. The molecule has 0 aliphatic carbocycles. The Bertz CT molecular complexity index is 657. The fourth-order valence-electron chi connectivity index (χ4n) is 2.80. The summed E-state index contributed by atoms with van der Waals surface area (Å²) in [5.74, 6) is -1.24. The van der Waals surface area contributed by atoms with Crippen molar-refractivity contribution in [2.24, 2.45) is 11.5 Å². The van der Waals surface area contributed by atoms with Crippen LogP contribution >= 0.6 is 0 Å². The van der Waals surface area contributed by atoms with Crippen LogP contribution in [-0.4, -0.2) is 59.7 Å². The minimum absolute atomic E-state index is 0.149. The van der Waals surface area contributed by atoms with Gasteiger partial charge in [0.2, 0.25) is 17.7 Å². The molecule has 0 aliphatic heterocycles. The predicted octanol–water partition coefficient (Wildman–Crippen LogP) is 1.74. The highest BCUT2D eigenvalue weighted by Gasteiger charge is 2.26. The Labute approximate surface area is 169 Å². The van der Waals surface area contributed by atoms with Gasteiger partial charge in [0, 0.05) is 32.1 Å². The van der Waals surface area contributed by atoms with Gasteiger partial charge in [0.1, 0.15) is 6.04 Å². The van der Waals surface area contributed by atoms with E-state index in [-0.39, 0.29) is 18.4 Å². The number of allylic oxidation sites excluding steroid dienone is 3. The molecule has 28 heavy (non-hydrogen) atoms. The second-order valence-corrected chi connectivity index (χ2v) is 7.84. The molecular formula is C21H36N4O3. The fraction of sp³-hybridized carbons (Fsp3) is 0.571. The summed E-state index contributed by atoms with van der Waals surface area (Å²) in [7, 11) is 3.07. The topological polar surface area (TPSA) is 110 Å². The van der Waals surface area contributed by atoms with Crippen molar-refractivity contribution in [2.45, 2.75) is 59.0 Å². The maximum absolute atomic E-state index is 12.6. The zero-order valence-corrected chi connectivity index (χ0v) is 18.3. The molecule has 0 unspecified atom stereocenters. The van der Waals surface area contributed by atoms with E-state index in [0.717, 1.165) is 11.1 Å². The summed E-state index contributed by atoms with van der Waals surface area (Å²) in [6, 6.07) is -0.784. The molecular weight excluding hydrogens is 356 g/mol. The van der Waals surface area contributed by atoms with Crippen molar-refractivity contribution in [1.82, 2.24) is 9.80 Å². The molecule has 0 heterocycles. The van der Waals surface area contributed by atoms with E-state index in [1.165, 1.54) is 22.9 Å². The van der Waals surface area contributed by atoms with Gasteiger partial charge in [0.15, 0.2) is 0 Å². The lowest BCUT2D eigenvalue weighted by Gasteiger charge is -2.28. The van der Waals surface area contributed by atoms with Crippen LogP contribution in [0.1, 0.15) is 47.5 Å². The molecule has 0 rings (SSSR count). The van der Waals surface area contributed by atoms with Crippen molar-refractivity contribution in [2.75, 3.05) is 20.6 Å². The number of nitrogens with two attached hydrogens (primary N) is 2. The molecule has 0 saturated heterocycles. The highest BCUT2D eigenvalue weighted by atomic mass is 16.2. The monoisotopic (exact) mass is 392 g/mol. The first-order valence-corrected chi connectivity index (χ1v) is 9.36. The normalized spacial score (nSPS) is 14.1. The first-order valence-electron chi connectivity index (χ1n) is 9.36. The molecule has 0 aromatic rings. The molecule has 0 spiro atoms. The summed E-state index contributed by atoms with van der Waals surface area (Å²) >= 11 is 0. The number of primary amides is 1. The van der Waals surface area contributed by atoms with Gasteiger partial charge in [0.05, 0.1) is 6.54 Å². The van der Waals surface area contributed by atoms with Crippen molar-refractivity contribution in [3.63, 3.8) is 0 Å². The van der Waals surface area contributed by atoms with Crippen molar-refractivity contribution in [1.29, 1.82) is 0 Å². The molecule has 0 aromatic carbocycles. The average Bonchev–Trinajstić information content (AvgIpc) is 2.55. The predicted molar refractivity (Wildman–Crippen MR) is 113 cm³/mol. The quantitative estimate of drug-likeness (QED) is 0.436. The van der Waals surface area contributed by atoms with E-state index in [1.807, 2.05) is 52.8 Å². The Hall–Kier alpha value is -2.41. The minimum atomic E-state index is -0.784. The van der Waals surface area contributed by atoms with E-state index in [1.54, 1.807) is 7.05 Å². The molecule has 0 radical (unpaired) electrons. The molecule has 158 valence electrons. The molecule has 0 aromatic heterocycles. The summed E-state index contributed by atoms with van der Waals surface area (Å²) in [6.07, 6.45) is 7.98. The first-order chi connectivity index (χ1) is 12.8. The largest absolute Gasteiger partial charge is 0.368 e. The number of hydrogen-bond donors (Lipinski definition) is 2. The number of rotatable bonds is 10. The number of hydrogen-bond acceptors (Lipinski definition) is 4. The van der Waals surface area contributed by atoms with Crippen LogP contribution in [0, 0.1) is 0 Å². The lowest BCUT2D eigenvalue weighted by atomic mass is 9.97. The molecule has 3 amide bonds. The van der Waals surface area contributed by atoms with Gasteiger partial charge < -0.3 is 21.3 Å². The van der Waals surface area contributed by atoms with Crippen molar-refractivity contribution in [3.05, 3.63) is 35.5 Å². The standard InChI is InChI=1S/C21H36N4O3/c1-8-10-16(9-2)12-17(20(22)28)25(7)19(27)14-24(6)18(26)11-15(3)13-21(4,5)23/h8-11,17H,12-14,23H2,1-7H3,(H2,22,28)/b10-8-,15-11+,16-9+/t17-/m1/s1. The van der Waals surface area contributed by atoms with E-state index in [9.17, 15) is 14.4 Å². The highest BCUT2D eigenvalue weighted by Crippen LogP contribution is 2.14. The van der Waals surface area contributed by atoms with E-state index in [2.05, 4.69) is 0 Å². The third kappa shape index (κ3) is 9.50. The Balaban J connectivity index is 5.12. The summed E-state index contributed by atoms with van der Waals surface area (Å²) in [5, 5.41) is 0. The van der Waals surface area contributed by atoms with Crippen molar-refractivity contribution in [3.8, 4) is 0 Å². The van der Waals surface area contributed by atoms with Gasteiger partial charge in [-0.1, -0.05) is 29.4 Å². The third-order valence-corrected chi connectivity index (χ3v) is 4.22. The smallest absolute Gasteiger partial charge is 0.246 e. The Morgan fingerprint density at radius 2 is 1.71 bits per heavy atom. The van der Waals surface area contributed by atoms with E-state index in [4.69, 9.17) is 11.5 Å². The molecule has 7 nitrogen and oxygen atoms in total. The van der Waals surface area contributed by atoms with Gasteiger partial charge in [-0.05, 0) is 41.0 Å². The van der Waals surface area contributed by atoms with E-state index >= 15 is 0 Å². The molecule has 0 bridgehead atoms. The zero-order chi connectivity index (χ0) is 22.1. The second kappa shape index (κ2) is 11.4. The Kier molecular flexibility index (Phi) is 10.5. The minimum Gasteiger partial charge on any atom is -0.368 e. The van der Waals surface area contributed by atoms with Crippen LogP contribution in [0.4, 0.5) is 0 Å². The number of likely N-dealkylation sites (N-methyl/N-ethyl adjacent to an activating group) is 2. The maximum atomic E-state index is 12.6. The molecule has 1 atom stereocenters. The number of carbonyl (C=O) groups is 3. The van der Waals surface area contributed by atoms with Crippen LogP contribution in [0.15, 0.2) is 35.5 Å². The first kappa shape index (κ1) is 25.6. The lowest BCUT2D eigenvalue weighted by molar-refractivity contribution is -0.141. The summed E-state index contributed by atoms with van der Waals surface area (Å²) in [5.41, 5.74) is 12.8. The van der Waals surface area contributed by atoms with Crippen LogP contribution in [0.3, 0.4) is 0 Å². The van der Waals surface area contributed by atoms with Gasteiger partial charge in [0.25, 0.3) is 0 Å². The van der Waals surface area contributed by atoms with Gasteiger partial charge in [-0.3, -0.25) is 14.4 Å². The number of amides is 3. The van der Waals surface area contributed by atoms with Crippen molar-refractivity contribution >= 4 is 17.7 Å². The molecule has 7 heteroatoms. The number of carbonyl (C=O) groups excluding carboxylic acids is 3. The highest BCUT2D eigenvalue weighted by molar-refractivity contribution is 5.93. The zero-order valence-electron chi connectivity index (χ0n) is 18.3. The summed E-state index contributed by atoms with van der Waals surface area (Å²) < 4.78 is 0. The molecule has 0 fully saturated rings. The summed E-state index contributed by atoms with van der Waals surface area (Å²) in [4.78, 5) is 39.4. The Morgan fingerprint density at radius 1 is 1.14 bits per heavy atom. The van der Waals surface area contributed by atoms with Crippen LogP contribution in [-0.2, 0) is 14.4 Å². The van der Waals surface area contributed by atoms with Gasteiger partial charge in [-0.2, -0.15) is 0 Å². The number of nitrogens with zero attached hydrogens (tertiary/aromatic N) is 2. The maximum Gasteiger partial charge on any atom is 0.246 e. The fourth-order valence-corrected chi connectivity index (χ4v) is 2.80. The van der Waals surface area contributed by atoms with Crippen LogP contribution < -0.4 is 11.5 Å². The SMILES string of the molecule is C/C=C\C(=C/C)C[C@H](C(N)=O)N(C)C(=O)CN(C)C(=O)/C=C(\C)CC(C)(C)N. The van der Waals surface area contributed by atoms with Crippen molar-refractivity contribution < 1.29 is 14.4 Å². The second-order valence-electron chi connectivity index (χ2n) is 7.84. The van der Waals surface area contributed by atoms with Gasteiger partial charge >= 0.3 is 0 Å². The van der Waals surface area contributed by atoms with E-state index in [0.29, 0.717) is 12.8 Å².